The van der Waals surface area contributed by atoms with Crippen molar-refractivity contribution in [3.63, 3.8) is 0 Å². The maximum Gasteiger partial charge on any atom is 0.281 e. The minimum absolute atomic E-state index is 0.0415. The van der Waals surface area contributed by atoms with Gasteiger partial charge in [-0.1, -0.05) is 11.6 Å². The molecule has 3 aliphatic carbocycles. The number of carbonyl (C=O) groups is 2. The molecule has 5 rings (SSSR count). The Labute approximate surface area is 174 Å². The zero-order valence-electron chi connectivity index (χ0n) is 15.4. The van der Waals surface area contributed by atoms with Gasteiger partial charge in [-0.15, -0.1) is 0 Å². The van der Waals surface area contributed by atoms with Gasteiger partial charge in [0.25, 0.3) is 12.3 Å². The van der Waals surface area contributed by atoms with E-state index in [-0.39, 0.29) is 35.0 Å². The van der Waals surface area contributed by atoms with E-state index >= 15 is 0 Å². The minimum Gasteiger partial charge on any atom is -0.484 e. The molecule has 0 radical (unpaired) electrons. The summed E-state index contributed by atoms with van der Waals surface area (Å²) in [5.74, 6) is -1.04. The van der Waals surface area contributed by atoms with Crippen LogP contribution in [0.25, 0.3) is 0 Å². The predicted octanol–water partition coefficient (Wildman–Crippen LogP) is 3.26. The van der Waals surface area contributed by atoms with Gasteiger partial charge in [0.1, 0.15) is 17.3 Å². The van der Waals surface area contributed by atoms with Crippen molar-refractivity contribution in [1.82, 2.24) is 15.3 Å². The first kappa shape index (κ1) is 20.4. The first-order valence-electron chi connectivity index (χ1n) is 9.01. The summed E-state index contributed by atoms with van der Waals surface area (Å²) in [6.07, 6.45) is 0.628. The summed E-state index contributed by atoms with van der Waals surface area (Å²) in [6.45, 7) is -0.298. The third-order valence-electron chi connectivity index (χ3n) is 5.31. The molecule has 30 heavy (non-hydrogen) atoms. The highest BCUT2D eigenvalue weighted by atomic mass is 35.5. The normalized spacial score (nSPS) is 23.9. The minimum atomic E-state index is -2.73. The molecule has 0 unspecified atom stereocenters. The average molecular weight is 441 g/mol. The number of aromatic nitrogens is 2. The number of nitrogens with one attached hydrogen (secondary N) is 2. The van der Waals surface area contributed by atoms with Crippen LogP contribution in [0.15, 0.2) is 30.6 Å². The van der Waals surface area contributed by atoms with Crippen LogP contribution < -0.4 is 15.4 Å². The number of ether oxygens (including phenoxy) is 1. The molecule has 1 heterocycles. The van der Waals surface area contributed by atoms with Gasteiger partial charge in [0.05, 0.1) is 22.8 Å². The summed E-state index contributed by atoms with van der Waals surface area (Å²) in [7, 11) is 0. The van der Waals surface area contributed by atoms with Gasteiger partial charge in [-0.2, -0.15) is 0 Å². The van der Waals surface area contributed by atoms with E-state index in [4.69, 9.17) is 16.3 Å². The molecule has 1 aromatic heterocycles. The number of hydrogen-bond acceptors (Lipinski definition) is 5. The van der Waals surface area contributed by atoms with Crippen LogP contribution in [0.2, 0.25) is 5.02 Å². The molecule has 1 aromatic carbocycles. The largest absolute Gasteiger partial charge is 0.484 e. The van der Waals surface area contributed by atoms with Crippen LogP contribution in [0.3, 0.4) is 0 Å². The lowest BCUT2D eigenvalue weighted by atomic mass is 9.39. The lowest BCUT2D eigenvalue weighted by Gasteiger charge is -2.69. The molecule has 7 nitrogen and oxygen atoms in total. The fraction of sp³-hybridized carbons (Fsp3) is 0.368. The molecule has 0 saturated heterocycles. The van der Waals surface area contributed by atoms with Gasteiger partial charge in [0, 0.05) is 11.6 Å². The first-order chi connectivity index (χ1) is 14.2. The molecule has 2 N–H and O–H groups in total. The van der Waals surface area contributed by atoms with Crippen molar-refractivity contribution >= 4 is 29.2 Å². The van der Waals surface area contributed by atoms with E-state index in [0.29, 0.717) is 19.3 Å². The second-order valence-electron chi connectivity index (χ2n) is 7.59. The Balaban J connectivity index is 1.24. The summed E-state index contributed by atoms with van der Waals surface area (Å²) in [4.78, 5) is 31.9. The maximum absolute atomic E-state index is 13.4. The van der Waals surface area contributed by atoms with Crippen molar-refractivity contribution in [1.29, 1.82) is 0 Å². The highest BCUT2D eigenvalue weighted by molar-refractivity contribution is 6.30. The van der Waals surface area contributed by atoms with E-state index in [1.165, 1.54) is 12.1 Å². The molecule has 2 amide bonds. The van der Waals surface area contributed by atoms with Crippen LogP contribution in [0, 0.1) is 11.2 Å². The highest BCUT2D eigenvalue weighted by Gasteiger charge is 2.72. The lowest BCUT2D eigenvalue weighted by molar-refractivity contribution is -0.179. The van der Waals surface area contributed by atoms with Crippen LogP contribution in [-0.4, -0.2) is 33.9 Å². The van der Waals surface area contributed by atoms with E-state index in [1.807, 2.05) is 0 Å². The Kier molecular flexibility index (Phi) is 5.05. The number of halogens is 4. The quantitative estimate of drug-likeness (QED) is 0.689. The second kappa shape index (κ2) is 7.42. The summed E-state index contributed by atoms with van der Waals surface area (Å²) < 4.78 is 43.6. The number of benzene rings is 1. The molecule has 2 aromatic rings. The van der Waals surface area contributed by atoms with Gasteiger partial charge in [-0.3, -0.25) is 9.59 Å². The van der Waals surface area contributed by atoms with E-state index in [0.717, 1.165) is 18.5 Å². The molecule has 0 spiro atoms. The third kappa shape index (κ3) is 3.79. The van der Waals surface area contributed by atoms with Crippen LogP contribution in [0.1, 0.15) is 31.4 Å². The molecule has 3 saturated carbocycles. The van der Waals surface area contributed by atoms with Gasteiger partial charge in [0.15, 0.2) is 12.4 Å². The standard InChI is InChI=1S/C19H16ClF3N4O3/c20-11-2-1-10(3-12(11)21)30-6-15(28)27-19-7-18(8-19,9-19)17(29)26-14-5-24-13(4-25-14)16(22)23/h1-5,16H,6-9H2,(H,27,28)(H,25,26,29). The lowest BCUT2D eigenvalue weighted by Crippen LogP contribution is -2.78. The molecule has 0 aliphatic heterocycles. The summed E-state index contributed by atoms with van der Waals surface area (Å²) in [6, 6.07) is 3.88. The summed E-state index contributed by atoms with van der Waals surface area (Å²) in [5, 5.41) is 5.38. The number of rotatable bonds is 7. The van der Waals surface area contributed by atoms with Crippen molar-refractivity contribution in [3.8, 4) is 5.75 Å². The van der Waals surface area contributed by atoms with Crippen LogP contribution in [0.4, 0.5) is 19.0 Å². The van der Waals surface area contributed by atoms with Gasteiger partial charge >= 0.3 is 0 Å². The molecular weight excluding hydrogens is 425 g/mol. The van der Waals surface area contributed by atoms with Gasteiger partial charge < -0.3 is 15.4 Å². The second-order valence-corrected chi connectivity index (χ2v) is 7.99. The average Bonchev–Trinajstić information content (AvgIpc) is 2.64. The third-order valence-corrected chi connectivity index (χ3v) is 5.62. The Hall–Kier alpha value is -2.88. The Morgan fingerprint density at radius 3 is 2.53 bits per heavy atom. The van der Waals surface area contributed by atoms with E-state index in [1.54, 1.807) is 0 Å². The SMILES string of the molecule is O=C(COc1ccc(Cl)c(F)c1)NC12CC(C(=O)Nc3cnc(C(F)F)cn3)(C1)C2. The van der Waals surface area contributed by atoms with Crippen LogP contribution in [0.5, 0.6) is 5.75 Å². The zero-order chi connectivity index (χ0) is 21.5. The number of alkyl halides is 2. The van der Waals surface area contributed by atoms with Crippen molar-refractivity contribution < 1.29 is 27.5 Å². The predicted molar refractivity (Wildman–Crippen MR) is 99.7 cm³/mol. The number of amides is 2. The monoisotopic (exact) mass is 440 g/mol. The zero-order valence-corrected chi connectivity index (χ0v) is 16.2. The van der Waals surface area contributed by atoms with E-state index in [9.17, 15) is 22.8 Å². The first-order valence-corrected chi connectivity index (χ1v) is 9.39. The van der Waals surface area contributed by atoms with E-state index < -0.39 is 28.9 Å². The molecular formula is C19H16ClF3N4O3. The van der Waals surface area contributed by atoms with Crippen molar-refractivity contribution in [2.45, 2.75) is 31.2 Å². The Morgan fingerprint density at radius 1 is 1.20 bits per heavy atom. The molecule has 2 bridgehead atoms. The number of carbonyl (C=O) groups excluding carboxylic acids is 2. The topological polar surface area (TPSA) is 93.2 Å². The Bertz CT molecular complexity index is 983. The van der Waals surface area contributed by atoms with E-state index in [2.05, 4.69) is 20.6 Å². The van der Waals surface area contributed by atoms with Crippen molar-refractivity contribution in [2.24, 2.45) is 5.41 Å². The fourth-order valence-electron chi connectivity index (χ4n) is 3.97. The summed E-state index contributed by atoms with van der Waals surface area (Å²) in [5.41, 5.74) is -1.55. The highest BCUT2D eigenvalue weighted by Crippen LogP contribution is 2.67. The number of hydrogen-bond donors (Lipinski definition) is 2. The maximum atomic E-state index is 13.4. The smallest absolute Gasteiger partial charge is 0.281 e. The van der Waals surface area contributed by atoms with Crippen LogP contribution in [-0.2, 0) is 9.59 Å². The van der Waals surface area contributed by atoms with Crippen molar-refractivity contribution in [2.75, 3.05) is 11.9 Å². The molecule has 3 fully saturated rings. The van der Waals surface area contributed by atoms with Crippen LogP contribution >= 0.6 is 11.6 Å². The summed E-state index contributed by atoms with van der Waals surface area (Å²) >= 11 is 5.59. The molecule has 11 heteroatoms. The van der Waals surface area contributed by atoms with Gasteiger partial charge in [-0.05, 0) is 31.4 Å². The number of nitrogens with zero attached hydrogens (tertiary/aromatic N) is 2. The molecule has 0 atom stereocenters. The number of anilines is 1. The fourth-order valence-corrected chi connectivity index (χ4v) is 4.09. The molecule has 158 valence electrons. The van der Waals surface area contributed by atoms with Gasteiger partial charge in [-0.25, -0.2) is 23.1 Å². The van der Waals surface area contributed by atoms with Gasteiger partial charge in [0.2, 0.25) is 5.91 Å². The Morgan fingerprint density at radius 2 is 1.93 bits per heavy atom. The van der Waals surface area contributed by atoms with Crippen molar-refractivity contribution in [3.05, 3.63) is 47.1 Å². The molecule has 3 aliphatic rings.